The Morgan fingerprint density at radius 2 is 1.92 bits per heavy atom. The third kappa shape index (κ3) is 3.62. The van der Waals surface area contributed by atoms with Crippen molar-refractivity contribution in [2.45, 2.75) is 25.7 Å². The fraction of sp³-hybridized carbons (Fsp3) is 0.263. The topological polar surface area (TPSA) is 66.4 Å². The van der Waals surface area contributed by atoms with Crippen LogP contribution in [0, 0.1) is 11.7 Å². The van der Waals surface area contributed by atoms with Crippen molar-refractivity contribution in [3.63, 3.8) is 0 Å². The molecule has 0 saturated heterocycles. The van der Waals surface area contributed by atoms with Crippen molar-refractivity contribution < 1.29 is 19.1 Å². The average Bonchev–Trinajstić information content (AvgIpc) is 2.56. The van der Waals surface area contributed by atoms with Gasteiger partial charge in [0.15, 0.2) is 0 Å². The second-order valence-electron chi connectivity index (χ2n) is 6.13. The van der Waals surface area contributed by atoms with Crippen LogP contribution in [0.2, 0.25) is 0 Å². The molecule has 0 bridgehead atoms. The number of anilines is 1. The van der Waals surface area contributed by atoms with Crippen molar-refractivity contribution in [2.75, 3.05) is 5.32 Å². The lowest BCUT2D eigenvalue weighted by Crippen LogP contribution is -2.22. The zero-order chi connectivity index (χ0) is 17.1. The normalized spacial score (nSPS) is 16.3. The number of hydrogen-bond donors (Lipinski definition) is 2. The first-order valence-corrected chi connectivity index (χ1v) is 7.92. The van der Waals surface area contributed by atoms with E-state index in [1.165, 1.54) is 17.2 Å². The van der Waals surface area contributed by atoms with Crippen LogP contribution in [0.3, 0.4) is 0 Å². The van der Waals surface area contributed by atoms with Gasteiger partial charge in [0, 0.05) is 6.42 Å². The maximum atomic E-state index is 13.8. The van der Waals surface area contributed by atoms with E-state index >= 15 is 0 Å². The zero-order valence-corrected chi connectivity index (χ0v) is 13.1. The molecule has 24 heavy (non-hydrogen) atoms. The van der Waals surface area contributed by atoms with Gasteiger partial charge in [0.1, 0.15) is 5.82 Å². The predicted octanol–water partition coefficient (Wildman–Crippen LogP) is 3.66. The molecule has 0 aromatic heterocycles. The molecule has 3 rings (SSSR count). The third-order valence-corrected chi connectivity index (χ3v) is 4.41. The first-order chi connectivity index (χ1) is 11.5. The highest BCUT2D eigenvalue weighted by Crippen LogP contribution is 2.28. The summed E-state index contributed by atoms with van der Waals surface area (Å²) in [6.07, 6.45) is 2.99. The van der Waals surface area contributed by atoms with Crippen molar-refractivity contribution in [3.05, 3.63) is 65.0 Å². The maximum absolute atomic E-state index is 13.8. The van der Waals surface area contributed by atoms with Gasteiger partial charge in [-0.2, -0.15) is 0 Å². The van der Waals surface area contributed by atoms with E-state index in [-0.39, 0.29) is 23.1 Å². The molecule has 0 spiro atoms. The number of fused-ring (bicyclic) bond motifs is 1. The van der Waals surface area contributed by atoms with Gasteiger partial charge in [-0.3, -0.25) is 4.79 Å². The minimum Gasteiger partial charge on any atom is -0.478 e. The number of carbonyl (C=O) groups is 2. The minimum absolute atomic E-state index is 0.0571. The molecule has 2 aromatic rings. The Balaban J connectivity index is 1.65. The maximum Gasteiger partial charge on any atom is 0.335 e. The number of carboxylic acid groups (broad SMARTS) is 1. The van der Waals surface area contributed by atoms with Gasteiger partial charge in [-0.15, -0.1) is 0 Å². The van der Waals surface area contributed by atoms with Crippen LogP contribution in [0.4, 0.5) is 10.1 Å². The van der Waals surface area contributed by atoms with Crippen molar-refractivity contribution in [1.82, 2.24) is 0 Å². The molecule has 1 unspecified atom stereocenters. The molecule has 1 atom stereocenters. The molecule has 1 amide bonds. The SMILES string of the molecule is O=C(CC1CCc2ccccc2C1)Nc1cc(C(=O)O)ccc1F. The molecule has 1 aliphatic rings. The van der Waals surface area contributed by atoms with Gasteiger partial charge in [0.25, 0.3) is 0 Å². The van der Waals surface area contributed by atoms with Crippen molar-refractivity contribution in [1.29, 1.82) is 0 Å². The number of benzene rings is 2. The molecule has 2 N–H and O–H groups in total. The molecule has 0 aliphatic heterocycles. The van der Waals surface area contributed by atoms with Crippen LogP contribution in [0.5, 0.6) is 0 Å². The second kappa shape index (κ2) is 6.83. The summed E-state index contributed by atoms with van der Waals surface area (Å²) in [4.78, 5) is 23.1. The molecule has 0 fully saturated rings. The summed E-state index contributed by atoms with van der Waals surface area (Å²) in [5.74, 6) is -1.87. The monoisotopic (exact) mass is 327 g/mol. The quantitative estimate of drug-likeness (QED) is 0.900. The fourth-order valence-electron chi connectivity index (χ4n) is 3.16. The first kappa shape index (κ1) is 16.2. The highest BCUT2D eigenvalue weighted by Gasteiger charge is 2.21. The molecule has 0 saturated carbocycles. The van der Waals surface area contributed by atoms with E-state index in [1.54, 1.807) is 0 Å². The van der Waals surface area contributed by atoms with E-state index < -0.39 is 11.8 Å². The molecule has 124 valence electrons. The molecule has 5 heteroatoms. The Hall–Kier alpha value is -2.69. The minimum atomic E-state index is -1.16. The van der Waals surface area contributed by atoms with E-state index in [9.17, 15) is 14.0 Å². The number of aryl methyl sites for hydroxylation is 1. The summed E-state index contributed by atoms with van der Waals surface area (Å²) >= 11 is 0. The van der Waals surface area contributed by atoms with Gasteiger partial charge < -0.3 is 10.4 Å². The Morgan fingerprint density at radius 3 is 2.67 bits per heavy atom. The van der Waals surface area contributed by atoms with Crippen LogP contribution in [-0.4, -0.2) is 17.0 Å². The van der Waals surface area contributed by atoms with Crippen LogP contribution in [0.15, 0.2) is 42.5 Å². The van der Waals surface area contributed by atoms with Crippen molar-refractivity contribution in [2.24, 2.45) is 5.92 Å². The summed E-state index contributed by atoms with van der Waals surface area (Å²) in [5.41, 5.74) is 2.45. The molecule has 2 aromatic carbocycles. The lowest BCUT2D eigenvalue weighted by molar-refractivity contribution is -0.117. The lowest BCUT2D eigenvalue weighted by atomic mass is 9.82. The van der Waals surface area contributed by atoms with E-state index in [2.05, 4.69) is 17.4 Å². The van der Waals surface area contributed by atoms with Crippen LogP contribution < -0.4 is 5.32 Å². The van der Waals surface area contributed by atoms with Crippen LogP contribution in [0.1, 0.15) is 34.3 Å². The number of carbonyl (C=O) groups excluding carboxylic acids is 1. The average molecular weight is 327 g/mol. The van der Waals surface area contributed by atoms with Crippen molar-refractivity contribution >= 4 is 17.6 Å². The number of rotatable bonds is 4. The first-order valence-electron chi connectivity index (χ1n) is 7.92. The Labute approximate surface area is 139 Å². The fourth-order valence-corrected chi connectivity index (χ4v) is 3.16. The summed E-state index contributed by atoms with van der Waals surface area (Å²) in [5, 5.41) is 11.5. The zero-order valence-electron chi connectivity index (χ0n) is 13.1. The number of hydrogen-bond acceptors (Lipinski definition) is 2. The lowest BCUT2D eigenvalue weighted by Gasteiger charge is -2.24. The summed E-state index contributed by atoms with van der Waals surface area (Å²) in [6.45, 7) is 0. The largest absolute Gasteiger partial charge is 0.478 e. The molecule has 4 nitrogen and oxygen atoms in total. The van der Waals surface area contributed by atoms with Crippen LogP contribution in [0.25, 0.3) is 0 Å². The Bertz CT molecular complexity index is 788. The molecular weight excluding hydrogens is 309 g/mol. The number of carboxylic acids is 1. The van der Waals surface area contributed by atoms with Crippen LogP contribution in [-0.2, 0) is 17.6 Å². The van der Waals surface area contributed by atoms with E-state index in [1.807, 2.05) is 12.1 Å². The summed E-state index contributed by atoms with van der Waals surface area (Å²) in [7, 11) is 0. The Morgan fingerprint density at radius 1 is 1.17 bits per heavy atom. The second-order valence-corrected chi connectivity index (χ2v) is 6.13. The van der Waals surface area contributed by atoms with E-state index in [4.69, 9.17) is 5.11 Å². The van der Waals surface area contributed by atoms with Gasteiger partial charge in [0.2, 0.25) is 5.91 Å². The number of nitrogens with one attached hydrogen (secondary N) is 1. The molecule has 0 radical (unpaired) electrons. The highest BCUT2D eigenvalue weighted by atomic mass is 19.1. The summed E-state index contributed by atoms with van der Waals surface area (Å²) < 4.78 is 13.8. The van der Waals surface area contributed by atoms with Gasteiger partial charge in [-0.25, -0.2) is 9.18 Å². The van der Waals surface area contributed by atoms with Gasteiger partial charge >= 0.3 is 5.97 Å². The van der Waals surface area contributed by atoms with E-state index in [0.29, 0.717) is 6.42 Å². The third-order valence-electron chi connectivity index (χ3n) is 4.41. The molecular formula is C19H18FNO3. The standard InChI is InChI=1S/C19H18FNO3/c20-16-8-7-15(19(23)24)11-17(16)21-18(22)10-12-5-6-13-3-1-2-4-14(13)9-12/h1-4,7-8,11-12H,5-6,9-10H2,(H,21,22)(H,23,24). The summed E-state index contributed by atoms with van der Waals surface area (Å²) in [6, 6.07) is 11.6. The van der Waals surface area contributed by atoms with Gasteiger partial charge in [0.05, 0.1) is 11.3 Å². The predicted molar refractivity (Wildman–Crippen MR) is 88.6 cm³/mol. The number of halogens is 1. The number of aromatic carboxylic acids is 1. The van der Waals surface area contributed by atoms with Crippen molar-refractivity contribution in [3.8, 4) is 0 Å². The number of amides is 1. The van der Waals surface area contributed by atoms with Gasteiger partial charge in [-0.05, 0) is 54.5 Å². The highest BCUT2D eigenvalue weighted by molar-refractivity contribution is 5.94. The Kier molecular flexibility index (Phi) is 4.60. The molecule has 0 heterocycles. The van der Waals surface area contributed by atoms with Gasteiger partial charge in [-0.1, -0.05) is 24.3 Å². The van der Waals surface area contributed by atoms with E-state index in [0.717, 1.165) is 31.4 Å². The molecule has 1 aliphatic carbocycles. The van der Waals surface area contributed by atoms with Crippen LogP contribution >= 0.6 is 0 Å². The smallest absolute Gasteiger partial charge is 0.335 e.